The molecular formula is C24H21N. The maximum absolute atomic E-state index is 8.83. The molecule has 1 nitrogen and oxygen atoms in total. The van der Waals surface area contributed by atoms with Gasteiger partial charge in [0.2, 0.25) is 0 Å². The minimum Gasteiger partial charge on any atom is -0.192 e. The van der Waals surface area contributed by atoms with Crippen molar-refractivity contribution in [1.82, 2.24) is 0 Å². The minimum absolute atomic E-state index is 0.515. The van der Waals surface area contributed by atoms with Crippen LogP contribution in [0, 0.1) is 11.3 Å². The Hall–Kier alpha value is -3.11. The van der Waals surface area contributed by atoms with E-state index in [1.54, 1.807) is 0 Å². The first-order valence-electron chi connectivity index (χ1n) is 8.57. The molecule has 0 saturated heterocycles. The highest BCUT2D eigenvalue weighted by molar-refractivity contribution is 5.69. The Morgan fingerprint density at radius 1 is 0.800 bits per heavy atom. The van der Waals surface area contributed by atoms with Crippen LogP contribution in [0.5, 0.6) is 0 Å². The summed E-state index contributed by atoms with van der Waals surface area (Å²) in [6.07, 6.45) is 5.22. The van der Waals surface area contributed by atoms with Crippen LogP contribution < -0.4 is 0 Å². The van der Waals surface area contributed by atoms with E-state index in [1.807, 2.05) is 24.3 Å². The zero-order valence-corrected chi connectivity index (χ0v) is 14.4. The SMILES string of the molecule is CC(Cc1ccc(/C=C/c2ccc(C#N)cc2)cc1)c1ccccc1. The molecule has 3 aromatic rings. The van der Waals surface area contributed by atoms with Crippen molar-refractivity contribution < 1.29 is 0 Å². The summed E-state index contributed by atoms with van der Waals surface area (Å²) in [6.45, 7) is 2.27. The Bertz CT molecular complexity index is 866. The molecule has 0 aliphatic heterocycles. The van der Waals surface area contributed by atoms with E-state index in [-0.39, 0.29) is 0 Å². The van der Waals surface area contributed by atoms with Gasteiger partial charge in [-0.1, -0.05) is 85.8 Å². The van der Waals surface area contributed by atoms with Crippen molar-refractivity contribution in [3.8, 4) is 6.07 Å². The van der Waals surface area contributed by atoms with Crippen LogP contribution >= 0.6 is 0 Å². The zero-order chi connectivity index (χ0) is 17.5. The van der Waals surface area contributed by atoms with Crippen LogP contribution in [0.4, 0.5) is 0 Å². The predicted molar refractivity (Wildman–Crippen MR) is 105 cm³/mol. The Morgan fingerprint density at radius 3 is 1.92 bits per heavy atom. The summed E-state index contributed by atoms with van der Waals surface area (Å²) in [5.74, 6) is 0.515. The van der Waals surface area contributed by atoms with E-state index in [4.69, 9.17) is 5.26 Å². The van der Waals surface area contributed by atoms with E-state index < -0.39 is 0 Å². The van der Waals surface area contributed by atoms with E-state index >= 15 is 0 Å². The van der Waals surface area contributed by atoms with Gasteiger partial charge in [0.15, 0.2) is 0 Å². The summed E-state index contributed by atoms with van der Waals surface area (Å²) in [6, 6.07) is 29.1. The number of benzene rings is 3. The van der Waals surface area contributed by atoms with Crippen LogP contribution in [0.1, 0.15) is 40.7 Å². The van der Waals surface area contributed by atoms with E-state index in [9.17, 15) is 0 Å². The molecule has 25 heavy (non-hydrogen) atoms. The van der Waals surface area contributed by atoms with Crippen molar-refractivity contribution in [1.29, 1.82) is 5.26 Å². The lowest BCUT2D eigenvalue weighted by Crippen LogP contribution is -1.98. The molecule has 0 saturated carbocycles. The van der Waals surface area contributed by atoms with Crippen LogP contribution in [-0.4, -0.2) is 0 Å². The highest BCUT2D eigenvalue weighted by Crippen LogP contribution is 2.20. The van der Waals surface area contributed by atoms with Gasteiger partial charge in [0.25, 0.3) is 0 Å². The Morgan fingerprint density at radius 2 is 1.36 bits per heavy atom. The second kappa shape index (κ2) is 8.13. The first-order valence-corrected chi connectivity index (χ1v) is 8.57. The lowest BCUT2D eigenvalue weighted by molar-refractivity contribution is 0.759. The van der Waals surface area contributed by atoms with Crippen LogP contribution in [0.2, 0.25) is 0 Å². The molecule has 0 spiro atoms. The van der Waals surface area contributed by atoms with E-state index in [0.29, 0.717) is 11.5 Å². The number of nitrogens with zero attached hydrogens (tertiary/aromatic N) is 1. The first kappa shape index (κ1) is 16.7. The van der Waals surface area contributed by atoms with Crippen LogP contribution in [0.3, 0.4) is 0 Å². The molecule has 1 atom stereocenters. The molecule has 0 fully saturated rings. The van der Waals surface area contributed by atoms with Gasteiger partial charge in [0.05, 0.1) is 11.6 Å². The molecule has 122 valence electrons. The Kier molecular flexibility index (Phi) is 5.44. The number of hydrogen-bond donors (Lipinski definition) is 0. The average molecular weight is 323 g/mol. The molecule has 0 radical (unpaired) electrons. The van der Waals surface area contributed by atoms with Crippen LogP contribution in [-0.2, 0) is 6.42 Å². The van der Waals surface area contributed by atoms with Crippen molar-refractivity contribution >= 4 is 12.2 Å². The molecule has 0 N–H and O–H groups in total. The summed E-state index contributed by atoms with van der Waals surface area (Å²) >= 11 is 0. The fourth-order valence-electron chi connectivity index (χ4n) is 2.88. The normalized spacial score (nSPS) is 12.0. The zero-order valence-electron chi connectivity index (χ0n) is 14.4. The van der Waals surface area contributed by atoms with Crippen molar-refractivity contribution in [3.63, 3.8) is 0 Å². The van der Waals surface area contributed by atoms with Crippen molar-refractivity contribution in [2.45, 2.75) is 19.3 Å². The third kappa shape index (κ3) is 4.68. The second-order valence-electron chi connectivity index (χ2n) is 6.32. The van der Waals surface area contributed by atoms with E-state index in [0.717, 1.165) is 12.0 Å². The lowest BCUT2D eigenvalue weighted by Gasteiger charge is -2.12. The summed E-state index contributed by atoms with van der Waals surface area (Å²) < 4.78 is 0. The van der Waals surface area contributed by atoms with Crippen LogP contribution in [0.25, 0.3) is 12.2 Å². The summed E-state index contributed by atoms with van der Waals surface area (Å²) in [4.78, 5) is 0. The molecule has 0 aliphatic carbocycles. The van der Waals surface area contributed by atoms with Crippen molar-refractivity contribution in [3.05, 3.63) is 107 Å². The lowest BCUT2D eigenvalue weighted by atomic mass is 9.93. The number of hydrogen-bond acceptors (Lipinski definition) is 1. The summed E-state index contributed by atoms with van der Waals surface area (Å²) in [5, 5.41) is 8.83. The minimum atomic E-state index is 0.515. The smallest absolute Gasteiger partial charge is 0.0991 e. The van der Waals surface area contributed by atoms with Crippen LogP contribution in [0.15, 0.2) is 78.9 Å². The largest absolute Gasteiger partial charge is 0.192 e. The fraction of sp³-hybridized carbons (Fsp3) is 0.125. The van der Waals surface area contributed by atoms with Gasteiger partial charge in [-0.05, 0) is 46.7 Å². The fourth-order valence-corrected chi connectivity index (χ4v) is 2.88. The maximum atomic E-state index is 8.83. The van der Waals surface area contributed by atoms with Gasteiger partial charge in [-0.3, -0.25) is 0 Å². The molecule has 0 aliphatic rings. The second-order valence-corrected chi connectivity index (χ2v) is 6.32. The van der Waals surface area contributed by atoms with Gasteiger partial charge in [0.1, 0.15) is 0 Å². The van der Waals surface area contributed by atoms with Crippen molar-refractivity contribution in [2.24, 2.45) is 0 Å². The van der Waals surface area contributed by atoms with Gasteiger partial charge in [0, 0.05) is 0 Å². The Balaban J connectivity index is 1.63. The maximum Gasteiger partial charge on any atom is 0.0991 e. The highest BCUT2D eigenvalue weighted by atomic mass is 14.2. The van der Waals surface area contributed by atoms with E-state index in [1.165, 1.54) is 16.7 Å². The molecule has 0 amide bonds. The molecule has 0 aromatic heterocycles. The summed E-state index contributed by atoms with van der Waals surface area (Å²) in [7, 11) is 0. The van der Waals surface area contributed by atoms with Crippen molar-refractivity contribution in [2.75, 3.05) is 0 Å². The highest BCUT2D eigenvalue weighted by Gasteiger charge is 2.05. The summed E-state index contributed by atoms with van der Waals surface area (Å²) in [5.41, 5.74) is 5.70. The molecule has 3 aromatic carbocycles. The molecule has 0 bridgehead atoms. The van der Waals surface area contributed by atoms with E-state index in [2.05, 4.69) is 79.7 Å². The van der Waals surface area contributed by atoms with Gasteiger partial charge in [-0.25, -0.2) is 0 Å². The molecule has 3 rings (SSSR count). The Labute approximate surface area is 149 Å². The molecule has 0 heterocycles. The standard InChI is InChI=1S/C24H21N/c1-19(24-5-3-2-4-6-24)17-22-13-9-20(10-14-22)7-8-21-11-15-23(18-25)16-12-21/h2-16,19H,17H2,1H3/b8-7+. The predicted octanol–water partition coefficient (Wildman–Crippen LogP) is 6.07. The monoisotopic (exact) mass is 323 g/mol. The number of nitriles is 1. The van der Waals surface area contributed by atoms with Gasteiger partial charge in [-0.15, -0.1) is 0 Å². The number of rotatable bonds is 5. The third-order valence-electron chi connectivity index (χ3n) is 4.40. The topological polar surface area (TPSA) is 23.8 Å². The quantitative estimate of drug-likeness (QED) is 0.522. The average Bonchev–Trinajstić information content (AvgIpc) is 2.68. The molecule has 1 unspecified atom stereocenters. The molecular weight excluding hydrogens is 302 g/mol. The van der Waals surface area contributed by atoms with Gasteiger partial charge in [-0.2, -0.15) is 5.26 Å². The first-order chi connectivity index (χ1) is 12.2. The molecule has 1 heteroatoms. The van der Waals surface area contributed by atoms with Gasteiger partial charge < -0.3 is 0 Å². The third-order valence-corrected chi connectivity index (χ3v) is 4.40. The van der Waals surface area contributed by atoms with Gasteiger partial charge >= 0.3 is 0 Å².